The molecule has 116 valence electrons. The summed E-state index contributed by atoms with van der Waals surface area (Å²) < 4.78 is 1.57. The highest BCUT2D eigenvalue weighted by Gasteiger charge is 2.29. The molecule has 0 saturated heterocycles. The van der Waals surface area contributed by atoms with Crippen LogP contribution in [0.15, 0.2) is 36.5 Å². The normalized spacial score (nSPS) is 17.3. The molecule has 0 unspecified atom stereocenters. The monoisotopic (exact) mass is 309 g/mol. The molecule has 0 saturated carbocycles. The van der Waals surface area contributed by atoms with Gasteiger partial charge >= 0.3 is 0 Å². The second-order valence-electron chi connectivity index (χ2n) is 5.66. The Balaban J connectivity index is 1.69. The highest BCUT2D eigenvalue weighted by atomic mass is 16.3. The Morgan fingerprint density at radius 2 is 2.09 bits per heavy atom. The molecular formula is C16H15N5O2. The smallest absolute Gasteiger partial charge is 0.292 e. The van der Waals surface area contributed by atoms with Gasteiger partial charge in [-0.15, -0.1) is 10.2 Å². The second kappa shape index (κ2) is 5.13. The largest absolute Gasteiger partial charge is 0.387 e. The molecule has 2 aromatic heterocycles. The Kier molecular flexibility index (Phi) is 3.09. The van der Waals surface area contributed by atoms with Crippen molar-refractivity contribution < 1.29 is 9.90 Å². The number of amides is 1. The molecule has 0 fully saturated rings. The van der Waals surface area contributed by atoms with Crippen molar-refractivity contribution in [1.82, 2.24) is 24.5 Å². The minimum Gasteiger partial charge on any atom is -0.387 e. The maximum absolute atomic E-state index is 12.8. The third-order valence-corrected chi connectivity index (χ3v) is 4.07. The molecule has 0 aliphatic carbocycles. The first-order valence-corrected chi connectivity index (χ1v) is 7.37. The van der Waals surface area contributed by atoms with Crippen molar-refractivity contribution in [3.63, 3.8) is 0 Å². The van der Waals surface area contributed by atoms with Gasteiger partial charge in [0.05, 0.1) is 12.6 Å². The number of fused-ring (bicyclic) bond motifs is 2. The van der Waals surface area contributed by atoms with Gasteiger partial charge in [0, 0.05) is 18.4 Å². The Bertz CT molecular complexity index is 904. The van der Waals surface area contributed by atoms with E-state index in [0.29, 0.717) is 12.3 Å². The molecule has 3 aromatic rings. The topological polar surface area (TPSA) is 83.6 Å². The van der Waals surface area contributed by atoms with Crippen LogP contribution >= 0.6 is 0 Å². The number of aryl methyl sites for hydroxylation is 1. The third kappa shape index (κ3) is 2.25. The van der Waals surface area contributed by atoms with E-state index in [1.54, 1.807) is 21.6 Å². The number of carbonyl (C=O) groups is 1. The van der Waals surface area contributed by atoms with E-state index in [4.69, 9.17) is 0 Å². The molecule has 1 aliphatic rings. The van der Waals surface area contributed by atoms with E-state index in [1.807, 2.05) is 31.2 Å². The molecule has 1 aromatic carbocycles. The number of aromatic nitrogens is 4. The minimum atomic E-state index is -0.691. The van der Waals surface area contributed by atoms with Gasteiger partial charge in [0.15, 0.2) is 0 Å². The van der Waals surface area contributed by atoms with Gasteiger partial charge in [0.25, 0.3) is 11.7 Å². The standard InChI is InChI=1S/C16H15N5O2/c1-10-6-7-21-14(18-19-16(21)17-10)15(23)20-8-11-4-2-3-5-12(11)13(22)9-20/h2-7,13,22H,8-9H2,1H3/t13-/m0/s1. The van der Waals surface area contributed by atoms with Crippen molar-refractivity contribution in [3.8, 4) is 0 Å². The van der Waals surface area contributed by atoms with Crippen LogP contribution in [-0.4, -0.2) is 42.0 Å². The Morgan fingerprint density at radius 3 is 2.96 bits per heavy atom. The van der Waals surface area contributed by atoms with Gasteiger partial charge in [-0.05, 0) is 24.1 Å². The predicted octanol–water partition coefficient (Wildman–Crippen LogP) is 1.12. The van der Waals surface area contributed by atoms with E-state index in [-0.39, 0.29) is 18.3 Å². The van der Waals surface area contributed by atoms with Gasteiger partial charge in [-0.1, -0.05) is 24.3 Å². The van der Waals surface area contributed by atoms with Crippen molar-refractivity contribution in [3.05, 3.63) is 59.2 Å². The van der Waals surface area contributed by atoms with E-state index < -0.39 is 6.10 Å². The fourth-order valence-electron chi connectivity index (χ4n) is 2.90. The van der Waals surface area contributed by atoms with Crippen LogP contribution in [0.3, 0.4) is 0 Å². The maximum Gasteiger partial charge on any atom is 0.292 e. The molecule has 4 rings (SSSR count). The number of benzene rings is 1. The van der Waals surface area contributed by atoms with Crippen molar-refractivity contribution >= 4 is 11.7 Å². The number of β-amino-alcohol motifs (C(OH)–C–C–N with tert-alkyl or cyclic N) is 1. The maximum atomic E-state index is 12.8. The summed E-state index contributed by atoms with van der Waals surface area (Å²) in [6, 6.07) is 9.40. The van der Waals surface area contributed by atoms with Crippen molar-refractivity contribution in [2.45, 2.75) is 19.6 Å². The lowest BCUT2D eigenvalue weighted by atomic mass is 9.97. The van der Waals surface area contributed by atoms with Gasteiger partial charge in [0.1, 0.15) is 0 Å². The van der Waals surface area contributed by atoms with Gasteiger partial charge in [0.2, 0.25) is 5.82 Å². The van der Waals surface area contributed by atoms with E-state index in [9.17, 15) is 9.90 Å². The number of hydrogen-bond donors (Lipinski definition) is 1. The van der Waals surface area contributed by atoms with Gasteiger partial charge < -0.3 is 10.0 Å². The first-order chi connectivity index (χ1) is 11.1. The summed E-state index contributed by atoms with van der Waals surface area (Å²) in [7, 11) is 0. The lowest BCUT2D eigenvalue weighted by Gasteiger charge is -2.31. The summed E-state index contributed by atoms with van der Waals surface area (Å²) in [5.74, 6) is 0.335. The van der Waals surface area contributed by atoms with Crippen LogP contribution in [0, 0.1) is 6.92 Å². The average Bonchev–Trinajstić information content (AvgIpc) is 2.97. The quantitative estimate of drug-likeness (QED) is 0.728. The van der Waals surface area contributed by atoms with Crippen LogP contribution in [0.1, 0.15) is 33.5 Å². The number of hydrogen-bond acceptors (Lipinski definition) is 5. The molecule has 1 aliphatic heterocycles. The summed E-state index contributed by atoms with van der Waals surface area (Å²) in [5.41, 5.74) is 2.63. The zero-order valence-electron chi connectivity index (χ0n) is 12.5. The van der Waals surface area contributed by atoms with E-state index in [1.165, 1.54) is 0 Å². The summed E-state index contributed by atoms with van der Waals surface area (Å²) in [6.45, 7) is 2.54. The van der Waals surface area contributed by atoms with E-state index in [2.05, 4.69) is 15.2 Å². The molecule has 1 N–H and O–H groups in total. The summed E-state index contributed by atoms with van der Waals surface area (Å²) in [6.07, 6.45) is 1.04. The predicted molar refractivity (Wildman–Crippen MR) is 81.7 cm³/mol. The van der Waals surface area contributed by atoms with Crippen LogP contribution in [-0.2, 0) is 6.54 Å². The highest BCUT2D eigenvalue weighted by Crippen LogP contribution is 2.27. The van der Waals surface area contributed by atoms with Crippen molar-refractivity contribution in [2.75, 3.05) is 6.54 Å². The van der Waals surface area contributed by atoms with Crippen LogP contribution in [0.2, 0.25) is 0 Å². The first-order valence-electron chi connectivity index (χ1n) is 7.37. The molecule has 1 atom stereocenters. The summed E-state index contributed by atoms with van der Waals surface area (Å²) in [4.78, 5) is 18.6. The van der Waals surface area contributed by atoms with Crippen molar-refractivity contribution in [1.29, 1.82) is 0 Å². The molecule has 23 heavy (non-hydrogen) atoms. The average molecular weight is 309 g/mol. The molecular weight excluding hydrogens is 294 g/mol. The van der Waals surface area contributed by atoms with Crippen LogP contribution in [0.25, 0.3) is 5.78 Å². The molecule has 0 bridgehead atoms. The van der Waals surface area contributed by atoms with Crippen LogP contribution < -0.4 is 0 Å². The molecule has 3 heterocycles. The summed E-state index contributed by atoms with van der Waals surface area (Å²) in [5, 5.41) is 18.2. The van der Waals surface area contributed by atoms with Gasteiger partial charge in [-0.2, -0.15) is 0 Å². The lowest BCUT2D eigenvalue weighted by molar-refractivity contribution is 0.0537. The van der Waals surface area contributed by atoms with Crippen LogP contribution in [0.4, 0.5) is 0 Å². The molecule has 7 heteroatoms. The minimum absolute atomic E-state index is 0.207. The van der Waals surface area contributed by atoms with E-state index in [0.717, 1.165) is 16.8 Å². The zero-order valence-corrected chi connectivity index (χ0v) is 12.5. The fourth-order valence-corrected chi connectivity index (χ4v) is 2.90. The second-order valence-corrected chi connectivity index (χ2v) is 5.66. The van der Waals surface area contributed by atoms with E-state index >= 15 is 0 Å². The Labute approximate surface area is 132 Å². The lowest BCUT2D eigenvalue weighted by Crippen LogP contribution is -2.39. The SMILES string of the molecule is Cc1ccn2c(C(=O)N3Cc4ccccc4[C@@H](O)C3)nnc2n1. The number of nitrogens with zero attached hydrogens (tertiary/aromatic N) is 5. The first kappa shape index (κ1) is 13.8. The highest BCUT2D eigenvalue weighted by molar-refractivity contribution is 5.91. The fraction of sp³-hybridized carbons (Fsp3) is 0.250. The van der Waals surface area contributed by atoms with Crippen molar-refractivity contribution in [2.24, 2.45) is 0 Å². The number of aliphatic hydroxyl groups is 1. The zero-order chi connectivity index (χ0) is 16.0. The molecule has 7 nitrogen and oxygen atoms in total. The van der Waals surface area contributed by atoms with Gasteiger partial charge in [-0.3, -0.25) is 9.20 Å². The van der Waals surface area contributed by atoms with Crippen LogP contribution in [0.5, 0.6) is 0 Å². The molecule has 0 spiro atoms. The Morgan fingerprint density at radius 1 is 1.26 bits per heavy atom. The number of aliphatic hydroxyl groups excluding tert-OH is 1. The summed E-state index contributed by atoms with van der Waals surface area (Å²) >= 11 is 0. The number of carbonyl (C=O) groups excluding carboxylic acids is 1. The molecule has 1 amide bonds. The molecule has 0 radical (unpaired) electrons. The third-order valence-electron chi connectivity index (χ3n) is 4.07. The Hall–Kier alpha value is -2.80. The number of rotatable bonds is 1. The van der Waals surface area contributed by atoms with Gasteiger partial charge in [-0.25, -0.2) is 4.98 Å².